The zero-order chi connectivity index (χ0) is 22.7. The molecule has 4 aromatic rings. The van der Waals surface area contributed by atoms with Crippen LogP contribution in [0.15, 0.2) is 53.3 Å². The van der Waals surface area contributed by atoms with Gasteiger partial charge in [0.25, 0.3) is 0 Å². The predicted molar refractivity (Wildman–Crippen MR) is 129 cm³/mol. The number of carbonyl (C=O) groups is 1. The summed E-state index contributed by atoms with van der Waals surface area (Å²) >= 11 is 1.44. The van der Waals surface area contributed by atoms with Gasteiger partial charge in [0, 0.05) is 30.0 Å². The van der Waals surface area contributed by atoms with Gasteiger partial charge in [-0.25, -0.2) is 9.78 Å². The summed E-state index contributed by atoms with van der Waals surface area (Å²) in [6.07, 6.45) is 0.189. The molecular weight excluding hydrogens is 424 g/mol. The van der Waals surface area contributed by atoms with E-state index in [-0.39, 0.29) is 18.0 Å². The zero-order valence-corrected chi connectivity index (χ0v) is 19.2. The number of thiazole rings is 1. The van der Waals surface area contributed by atoms with E-state index in [0.29, 0.717) is 24.8 Å². The van der Waals surface area contributed by atoms with Crippen molar-refractivity contribution in [3.05, 3.63) is 63.9 Å². The van der Waals surface area contributed by atoms with Gasteiger partial charge in [-0.1, -0.05) is 12.1 Å². The van der Waals surface area contributed by atoms with Gasteiger partial charge in [-0.3, -0.25) is 13.9 Å². The third kappa shape index (κ3) is 4.31. The van der Waals surface area contributed by atoms with Crippen LogP contribution in [0.3, 0.4) is 0 Å². The Morgan fingerprint density at radius 1 is 1.06 bits per heavy atom. The fraction of sp³-hybridized carbons (Fsp3) is 0.292. The van der Waals surface area contributed by atoms with Crippen molar-refractivity contribution in [2.75, 3.05) is 11.9 Å². The number of nitrogens with one attached hydrogen (secondary N) is 1. The summed E-state index contributed by atoms with van der Waals surface area (Å²) in [4.78, 5) is 31.0. The molecule has 0 radical (unpaired) electrons. The highest BCUT2D eigenvalue weighted by Crippen LogP contribution is 2.31. The lowest BCUT2D eigenvalue weighted by atomic mass is 10.1. The standard InChI is InChI=1S/C24H26N4O3S/c1-4-27-19-8-6-7-9-20(19)28(24(27)30)15-14-21(29)25-23-26-22(16(3)32-23)17-10-12-18(13-11-17)31-5-2/h6-13H,4-5,14-15H2,1-3H3,(H,25,26,29). The van der Waals surface area contributed by atoms with Crippen LogP contribution in [0.25, 0.3) is 22.3 Å². The van der Waals surface area contributed by atoms with Crippen LogP contribution >= 0.6 is 11.3 Å². The number of rotatable bonds is 8. The van der Waals surface area contributed by atoms with Crippen molar-refractivity contribution in [3.63, 3.8) is 0 Å². The third-order valence-electron chi connectivity index (χ3n) is 5.29. The molecule has 166 valence electrons. The number of para-hydroxylation sites is 2. The lowest BCUT2D eigenvalue weighted by Gasteiger charge is -2.04. The maximum absolute atomic E-state index is 12.7. The Kier molecular flexibility index (Phi) is 6.41. The second kappa shape index (κ2) is 9.40. The smallest absolute Gasteiger partial charge is 0.329 e. The molecule has 0 saturated heterocycles. The Balaban J connectivity index is 1.46. The summed E-state index contributed by atoms with van der Waals surface area (Å²) in [5.74, 6) is 0.648. The Morgan fingerprint density at radius 2 is 1.75 bits per heavy atom. The minimum absolute atomic E-state index is 0.0932. The number of aromatic nitrogens is 3. The van der Waals surface area contributed by atoms with Crippen LogP contribution in [-0.4, -0.2) is 26.6 Å². The van der Waals surface area contributed by atoms with E-state index in [1.165, 1.54) is 11.3 Å². The minimum Gasteiger partial charge on any atom is -0.494 e. The van der Waals surface area contributed by atoms with Crippen LogP contribution in [0.4, 0.5) is 5.13 Å². The van der Waals surface area contributed by atoms with E-state index in [0.717, 1.165) is 32.9 Å². The van der Waals surface area contributed by atoms with Gasteiger partial charge in [-0.2, -0.15) is 0 Å². The number of carbonyl (C=O) groups excluding carboxylic acids is 1. The molecule has 32 heavy (non-hydrogen) atoms. The molecule has 4 rings (SSSR count). The number of fused-ring (bicyclic) bond motifs is 1. The highest BCUT2D eigenvalue weighted by atomic mass is 32.1. The fourth-order valence-electron chi connectivity index (χ4n) is 3.78. The maximum atomic E-state index is 12.7. The van der Waals surface area contributed by atoms with E-state index >= 15 is 0 Å². The third-order valence-corrected chi connectivity index (χ3v) is 6.17. The van der Waals surface area contributed by atoms with Gasteiger partial charge in [-0.05, 0) is 57.2 Å². The molecule has 0 unspecified atom stereocenters. The molecule has 7 nitrogen and oxygen atoms in total. The topological polar surface area (TPSA) is 78.2 Å². The van der Waals surface area contributed by atoms with Crippen molar-refractivity contribution >= 4 is 33.4 Å². The number of ether oxygens (including phenoxy) is 1. The molecule has 1 amide bonds. The van der Waals surface area contributed by atoms with Crippen molar-refractivity contribution < 1.29 is 9.53 Å². The number of nitrogens with zero attached hydrogens (tertiary/aromatic N) is 3. The number of hydrogen-bond donors (Lipinski definition) is 1. The number of hydrogen-bond acceptors (Lipinski definition) is 5. The second-order valence-electron chi connectivity index (χ2n) is 7.35. The minimum atomic E-state index is -0.169. The quantitative estimate of drug-likeness (QED) is 0.423. The zero-order valence-electron chi connectivity index (χ0n) is 18.4. The molecule has 0 spiro atoms. The van der Waals surface area contributed by atoms with Crippen molar-refractivity contribution in [2.24, 2.45) is 0 Å². The molecule has 0 fully saturated rings. The molecule has 0 aliphatic carbocycles. The number of imidazole rings is 1. The highest BCUT2D eigenvalue weighted by Gasteiger charge is 2.15. The van der Waals surface area contributed by atoms with E-state index in [9.17, 15) is 9.59 Å². The van der Waals surface area contributed by atoms with Crippen LogP contribution in [0.1, 0.15) is 25.1 Å². The van der Waals surface area contributed by atoms with E-state index in [2.05, 4.69) is 10.3 Å². The van der Waals surface area contributed by atoms with Crippen LogP contribution in [0, 0.1) is 6.92 Å². The molecule has 0 bridgehead atoms. The van der Waals surface area contributed by atoms with Gasteiger partial charge in [0.05, 0.1) is 23.3 Å². The van der Waals surface area contributed by atoms with Gasteiger partial charge < -0.3 is 10.1 Å². The normalized spacial score (nSPS) is 11.1. The lowest BCUT2D eigenvalue weighted by Crippen LogP contribution is -2.25. The van der Waals surface area contributed by atoms with E-state index in [1.807, 2.05) is 69.3 Å². The SMILES string of the molecule is CCOc1ccc(-c2nc(NC(=O)CCn3c(=O)n(CC)c4ccccc43)sc2C)cc1. The van der Waals surface area contributed by atoms with Crippen molar-refractivity contribution in [1.82, 2.24) is 14.1 Å². The van der Waals surface area contributed by atoms with Gasteiger partial charge in [0.1, 0.15) is 5.75 Å². The Morgan fingerprint density at radius 3 is 2.41 bits per heavy atom. The summed E-state index contributed by atoms with van der Waals surface area (Å²) in [5.41, 5.74) is 3.45. The number of amides is 1. The molecule has 8 heteroatoms. The average Bonchev–Trinajstić information content (AvgIpc) is 3.28. The molecule has 2 heterocycles. The molecule has 0 atom stereocenters. The predicted octanol–water partition coefficient (Wildman–Crippen LogP) is 4.68. The highest BCUT2D eigenvalue weighted by molar-refractivity contribution is 7.16. The molecule has 0 saturated carbocycles. The number of benzene rings is 2. The van der Waals surface area contributed by atoms with Crippen molar-refractivity contribution in [1.29, 1.82) is 0 Å². The Hall–Kier alpha value is -3.39. The van der Waals surface area contributed by atoms with Gasteiger partial charge in [0.2, 0.25) is 5.91 Å². The summed E-state index contributed by atoms with van der Waals surface area (Å²) in [6.45, 7) is 7.40. The molecule has 0 aliphatic heterocycles. The van der Waals surface area contributed by atoms with Gasteiger partial charge >= 0.3 is 5.69 Å². The first-order valence-corrected chi connectivity index (χ1v) is 11.5. The molecule has 0 aliphatic rings. The summed E-state index contributed by atoms with van der Waals surface area (Å²) < 4.78 is 8.88. The van der Waals surface area contributed by atoms with Gasteiger partial charge in [0.15, 0.2) is 5.13 Å². The van der Waals surface area contributed by atoms with E-state index in [1.54, 1.807) is 9.13 Å². The van der Waals surface area contributed by atoms with Crippen molar-refractivity contribution in [3.8, 4) is 17.0 Å². The summed E-state index contributed by atoms with van der Waals surface area (Å²) in [6, 6.07) is 15.4. The van der Waals surface area contributed by atoms with Gasteiger partial charge in [-0.15, -0.1) is 11.3 Å². The first-order valence-electron chi connectivity index (χ1n) is 10.7. The van der Waals surface area contributed by atoms with Crippen LogP contribution < -0.4 is 15.7 Å². The first-order chi connectivity index (χ1) is 15.5. The summed E-state index contributed by atoms with van der Waals surface area (Å²) in [7, 11) is 0. The molecular formula is C24H26N4O3S. The maximum Gasteiger partial charge on any atom is 0.329 e. The molecule has 1 N–H and O–H groups in total. The van der Waals surface area contributed by atoms with Crippen LogP contribution in [0.2, 0.25) is 0 Å². The fourth-order valence-corrected chi connectivity index (χ4v) is 4.63. The average molecular weight is 451 g/mol. The van der Waals surface area contributed by atoms with E-state index < -0.39 is 0 Å². The second-order valence-corrected chi connectivity index (χ2v) is 8.55. The Labute approximate surface area is 190 Å². The monoisotopic (exact) mass is 450 g/mol. The first kappa shape index (κ1) is 21.8. The Bertz CT molecular complexity index is 1300. The number of anilines is 1. The number of aryl methyl sites for hydroxylation is 3. The molecule has 2 aromatic carbocycles. The van der Waals surface area contributed by atoms with Crippen LogP contribution in [-0.2, 0) is 17.9 Å². The molecule has 2 aromatic heterocycles. The van der Waals surface area contributed by atoms with Crippen LogP contribution in [0.5, 0.6) is 5.75 Å². The lowest BCUT2D eigenvalue weighted by molar-refractivity contribution is -0.116. The summed E-state index contributed by atoms with van der Waals surface area (Å²) in [5, 5.41) is 3.44. The largest absolute Gasteiger partial charge is 0.494 e. The van der Waals surface area contributed by atoms with E-state index in [4.69, 9.17) is 4.74 Å². The van der Waals surface area contributed by atoms with Crippen molar-refractivity contribution in [2.45, 2.75) is 40.3 Å².